The Morgan fingerprint density at radius 2 is 2.04 bits per heavy atom. The number of aromatic nitrogens is 2. The van der Waals surface area contributed by atoms with Crippen LogP contribution in [0.4, 0.5) is 0 Å². The first-order chi connectivity index (χ1) is 13.7. The number of nitrogens with one attached hydrogen (secondary N) is 1. The first kappa shape index (κ1) is 18.2. The summed E-state index contributed by atoms with van der Waals surface area (Å²) in [6.07, 6.45) is 3.71. The SMILES string of the molecule is CCOC(=O)c1c(CNC)n(C)c2cc(-c3cccc4ccncc34)ccc12. The van der Waals surface area contributed by atoms with E-state index in [2.05, 4.69) is 45.2 Å². The number of carbonyl (C=O) groups excluding carboxylic acids is 1. The van der Waals surface area contributed by atoms with Gasteiger partial charge in [-0.25, -0.2) is 4.79 Å². The molecule has 0 atom stereocenters. The standard InChI is InChI=1S/C23H23N3O2/c1-4-28-23(27)22-18-9-8-16(12-20(18)26(3)21(22)14-24-2)17-7-5-6-15-10-11-25-13-19(15)17/h5-13,24H,4,14H2,1-3H3. The molecule has 1 N–H and O–H groups in total. The van der Waals surface area contributed by atoms with Crippen LogP contribution in [0.15, 0.2) is 54.9 Å². The van der Waals surface area contributed by atoms with Crippen molar-refractivity contribution in [3.05, 3.63) is 66.1 Å². The number of fused-ring (bicyclic) bond motifs is 2. The molecule has 0 aliphatic carbocycles. The average molecular weight is 373 g/mol. The number of hydrogen-bond donors (Lipinski definition) is 1. The number of hydrogen-bond acceptors (Lipinski definition) is 4. The molecule has 0 unspecified atom stereocenters. The lowest BCUT2D eigenvalue weighted by Crippen LogP contribution is -2.14. The molecule has 28 heavy (non-hydrogen) atoms. The second-order valence-corrected chi connectivity index (χ2v) is 6.77. The van der Waals surface area contributed by atoms with Crippen molar-refractivity contribution < 1.29 is 9.53 Å². The molecular weight excluding hydrogens is 350 g/mol. The van der Waals surface area contributed by atoms with Gasteiger partial charge in [0.15, 0.2) is 0 Å². The molecule has 2 aromatic carbocycles. The predicted molar refractivity (Wildman–Crippen MR) is 112 cm³/mol. The molecule has 4 aromatic rings. The minimum absolute atomic E-state index is 0.277. The summed E-state index contributed by atoms with van der Waals surface area (Å²) in [6.45, 7) is 2.77. The highest BCUT2D eigenvalue weighted by molar-refractivity contribution is 6.07. The smallest absolute Gasteiger partial charge is 0.340 e. The van der Waals surface area contributed by atoms with Crippen LogP contribution in [-0.2, 0) is 18.3 Å². The first-order valence-electron chi connectivity index (χ1n) is 9.41. The summed E-state index contributed by atoms with van der Waals surface area (Å²) in [5.41, 5.74) is 4.79. The van der Waals surface area contributed by atoms with Gasteiger partial charge in [-0.05, 0) is 42.6 Å². The van der Waals surface area contributed by atoms with Crippen molar-refractivity contribution in [2.75, 3.05) is 13.7 Å². The van der Waals surface area contributed by atoms with E-state index in [1.54, 1.807) is 0 Å². The van der Waals surface area contributed by atoms with Crippen LogP contribution in [0.2, 0.25) is 0 Å². The van der Waals surface area contributed by atoms with Crippen molar-refractivity contribution in [2.45, 2.75) is 13.5 Å². The highest BCUT2D eigenvalue weighted by Gasteiger charge is 2.22. The second kappa shape index (κ2) is 7.44. The number of carbonyl (C=O) groups is 1. The summed E-state index contributed by atoms with van der Waals surface area (Å²) < 4.78 is 7.39. The van der Waals surface area contributed by atoms with Crippen LogP contribution >= 0.6 is 0 Å². The Morgan fingerprint density at radius 1 is 1.18 bits per heavy atom. The van der Waals surface area contributed by atoms with Crippen molar-refractivity contribution >= 4 is 27.6 Å². The molecule has 0 radical (unpaired) electrons. The summed E-state index contributed by atoms with van der Waals surface area (Å²) in [5.74, 6) is -0.277. The maximum atomic E-state index is 12.6. The van der Waals surface area contributed by atoms with Gasteiger partial charge in [0.2, 0.25) is 0 Å². The maximum Gasteiger partial charge on any atom is 0.340 e. The van der Waals surface area contributed by atoms with Crippen LogP contribution in [0.25, 0.3) is 32.8 Å². The zero-order valence-corrected chi connectivity index (χ0v) is 16.3. The number of rotatable bonds is 5. The van der Waals surface area contributed by atoms with E-state index in [0.29, 0.717) is 18.7 Å². The predicted octanol–water partition coefficient (Wildman–Crippen LogP) is 4.29. The largest absolute Gasteiger partial charge is 0.462 e. The van der Waals surface area contributed by atoms with E-state index >= 15 is 0 Å². The van der Waals surface area contributed by atoms with Crippen molar-refractivity contribution in [3.8, 4) is 11.1 Å². The van der Waals surface area contributed by atoms with Gasteiger partial charge in [0, 0.05) is 48.0 Å². The molecule has 0 saturated heterocycles. The number of esters is 1. The molecule has 0 amide bonds. The average Bonchev–Trinajstić information content (AvgIpc) is 2.99. The van der Waals surface area contributed by atoms with Gasteiger partial charge in [-0.2, -0.15) is 0 Å². The Kier molecular flexibility index (Phi) is 4.84. The molecule has 142 valence electrons. The van der Waals surface area contributed by atoms with Gasteiger partial charge >= 0.3 is 5.97 Å². The van der Waals surface area contributed by atoms with E-state index in [0.717, 1.165) is 38.5 Å². The zero-order chi connectivity index (χ0) is 19.7. The Balaban J connectivity index is 1.94. The van der Waals surface area contributed by atoms with Crippen molar-refractivity contribution in [1.29, 1.82) is 0 Å². The lowest BCUT2D eigenvalue weighted by molar-refractivity contribution is 0.0527. The van der Waals surface area contributed by atoms with Crippen LogP contribution in [-0.4, -0.2) is 29.2 Å². The van der Waals surface area contributed by atoms with Gasteiger partial charge in [-0.3, -0.25) is 4.98 Å². The molecular formula is C23H23N3O2. The molecule has 5 nitrogen and oxygen atoms in total. The summed E-state index contributed by atoms with van der Waals surface area (Å²) >= 11 is 0. The highest BCUT2D eigenvalue weighted by atomic mass is 16.5. The maximum absolute atomic E-state index is 12.6. The van der Waals surface area contributed by atoms with E-state index in [9.17, 15) is 4.79 Å². The minimum Gasteiger partial charge on any atom is -0.462 e. The fourth-order valence-corrected chi connectivity index (χ4v) is 3.83. The second-order valence-electron chi connectivity index (χ2n) is 6.77. The molecule has 2 heterocycles. The number of pyridine rings is 1. The van der Waals surface area contributed by atoms with E-state index in [-0.39, 0.29) is 5.97 Å². The van der Waals surface area contributed by atoms with Crippen molar-refractivity contribution in [2.24, 2.45) is 7.05 Å². The van der Waals surface area contributed by atoms with E-state index in [4.69, 9.17) is 4.74 Å². The zero-order valence-electron chi connectivity index (χ0n) is 16.3. The monoisotopic (exact) mass is 373 g/mol. The van der Waals surface area contributed by atoms with Crippen LogP contribution in [0.5, 0.6) is 0 Å². The molecule has 0 fully saturated rings. The quantitative estimate of drug-likeness (QED) is 0.530. The fraction of sp³-hybridized carbons (Fsp3) is 0.217. The van der Waals surface area contributed by atoms with Gasteiger partial charge in [-0.1, -0.05) is 30.3 Å². The Bertz CT molecular complexity index is 1170. The Labute approximate surface area is 164 Å². The number of aryl methyl sites for hydroxylation is 1. The highest BCUT2D eigenvalue weighted by Crippen LogP contribution is 2.33. The van der Waals surface area contributed by atoms with Crippen LogP contribution in [0.3, 0.4) is 0 Å². The van der Waals surface area contributed by atoms with E-state index in [1.165, 1.54) is 0 Å². The Morgan fingerprint density at radius 3 is 2.82 bits per heavy atom. The third-order valence-electron chi connectivity index (χ3n) is 5.14. The minimum atomic E-state index is -0.277. The molecule has 0 spiro atoms. The normalized spacial score (nSPS) is 11.2. The lowest BCUT2D eigenvalue weighted by atomic mass is 9.98. The molecule has 2 aromatic heterocycles. The van der Waals surface area contributed by atoms with Gasteiger partial charge in [0.1, 0.15) is 0 Å². The summed E-state index contributed by atoms with van der Waals surface area (Å²) in [6, 6.07) is 14.5. The Hall–Kier alpha value is -3.18. The fourth-order valence-electron chi connectivity index (χ4n) is 3.83. The van der Waals surface area contributed by atoms with Crippen molar-refractivity contribution in [1.82, 2.24) is 14.9 Å². The third kappa shape index (κ3) is 2.94. The van der Waals surface area contributed by atoms with Crippen LogP contribution in [0.1, 0.15) is 23.0 Å². The topological polar surface area (TPSA) is 56.1 Å². The van der Waals surface area contributed by atoms with Gasteiger partial charge < -0.3 is 14.6 Å². The third-order valence-corrected chi connectivity index (χ3v) is 5.14. The number of benzene rings is 2. The van der Waals surface area contributed by atoms with E-state index in [1.807, 2.05) is 45.5 Å². The molecule has 0 aliphatic rings. The number of ether oxygens (including phenoxy) is 1. The van der Waals surface area contributed by atoms with Gasteiger partial charge in [-0.15, -0.1) is 0 Å². The first-order valence-corrected chi connectivity index (χ1v) is 9.41. The molecule has 4 rings (SSSR count). The lowest BCUT2D eigenvalue weighted by Gasteiger charge is -2.08. The molecule has 0 aliphatic heterocycles. The number of nitrogens with zero attached hydrogens (tertiary/aromatic N) is 2. The van der Waals surface area contributed by atoms with Gasteiger partial charge in [0.05, 0.1) is 12.2 Å². The molecule has 0 saturated carbocycles. The summed E-state index contributed by atoms with van der Waals surface area (Å²) in [4.78, 5) is 16.9. The van der Waals surface area contributed by atoms with Crippen molar-refractivity contribution in [3.63, 3.8) is 0 Å². The van der Waals surface area contributed by atoms with Crippen LogP contribution in [0, 0.1) is 0 Å². The molecule has 0 bridgehead atoms. The molecule has 5 heteroatoms. The van der Waals surface area contributed by atoms with Gasteiger partial charge in [0.25, 0.3) is 0 Å². The summed E-state index contributed by atoms with van der Waals surface area (Å²) in [7, 11) is 3.87. The van der Waals surface area contributed by atoms with Crippen LogP contribution < -0.4 is 5.32 Å². The van der Waals surface area contributed by atoms with E-state index < -0.39 is 0 Å². The summed E-state index contributed by atoms with van der Waals surface area (Å²) in [5, 5.41) is 6.33.